The monoisotopic (exact) mass is 298 g/mol. The van der Waals surface area contributed by atoms with Crippen LogP contribution in [0.15, 0.2) is 0 Å². The minimum atomic E-state index is -0.911. The Morgan fingerprint density at radius 2 is 1.05 bits per heavy atom. The molecular formula is C11H22O9. The topological polar surface area (TPSA) is 135 Å². The van der Waals surface area contributed by atoms with Crippen molar-refractivity contribution in [3.8, 4) is 0 Å². The van der Waals surface area contributed by atoms with Crippen LogP contribution in [0.2, 0.25) is 0 Å². The number of carbonyl (C=O) groups is 1. The summed E-state index contributed by atoms with van der Waals surface area (Å²) in [5.74, 6) is 0. The van der Waals surface area contributed by atoms with Crippen molar-refractivity contribution in [2.75, 3.05) is 52.9 Å². The highest BCUT2D eigenvalue weighted by Gasteiger charge is 2.09. The third-order valence-electron chi connectivity index (χ3n) is 2.13. The molecule has 0 aromatic carbocycles. The molecule has 0 bridgehead atoms. The van der Waals surface area contributed by atoms with Crippen molar-refractivity contribution < 1.29 is 44.2 Å². The average Bonchev–Trinajstić information content (AvgIpc) is 2.47. The molecule has 9 heteroatoms. The molecule has 0 aromatic rings. The molecule has 0 amide bonds. The molecule has 0 heterocycles. The van der Waals surface area contributed by atoms with Crippen LogP contribution < -0.4 is 0 Å². The quantitative estimate of drug-likeness (QED) is 0.235. The Labute approximate surface area is 116 Å². The van der Waals surface area contributed by atoms with Crippen LogP contribution in [0, 0.1) is 0 Å². The highest BCUT2D eigenvalue weighted by Crippen LogP contribution is 1.93. The lowest BCUT2D eigenvalue weighted by molar-refractivity contribution is -0.0513. The lowest BCUT2D eigenvalue weighted by atomic mass is 10.4. The molecule has 0 radical (unpaired) electrons. The Balaban J connectivity index is 3.45. The van der Waals surface area contributed by atoms with Crippen LogP contribution >= 0.6 is 0 Å². The first-order valence-corrected chi connectivity index (χ1v) is 6.14. The minimum Gasteiger partial charge on any atom is -0.432 e. The van der Waals surface area contributed by atoms with Crippen molar-refractivity contribution in [1.82, 2.24) is 0 Å². The third-order valence-corrected chi connectivity index (χ3v) is 2.13. The zero-order chi connectivity index (χ0) is 15.2. The molecule has 0 saturated carbocycles. The lowest BCUT2D eigenvalue weighted by Gasteiger charge is -2.13. The predicted molar refractivity (Wildman–Crippen MR) is 65.1 cm³/mol. The van der Waals surface area contributed by atoms with Gasteiger partial charge in [-0.1, -0.05) is 0 Å². The number of aliphatic hydroxyl groups excluding tert-OH is 4. The SMILES string of the molecule is O=C(OCCOC(CO)CO)OCCOC(CO)CO. The van der Waals surface area contributed by atoms with E-state index in [-0.39, 0.29) is 52.9 Å². The molecule has 0 spiro atoms. The summed E-state index contributed by atoms with van der Waals surface area (Å²) in [4.78, 5) is 11.1. The number of ether oxygens (including phenoxy) is 4. The van der Waals surface area contributed by atoms with E-state index in [2.05, 4.69) is 9.47 Å². The van der Waals surface area contributed by atoms with E-state index >= 15 is 0 Å². The van der Waals surface area contributed by atoms with Crippen LogP contribution in [-0.2, 0) is 18.9 Å². The average molecular weight is 298 g/mol. The van der Waals surface area contributed by atoms with Crippen LogP contribution in [0.5, 0.6) is 0 Å². The van der Waals surface area contributed by atoms with Crippen molar-refractivity contribution in [3.63, 3.8) is 0 Å². The van der Waals surface area contributed by atoms with Gasteiger partial charge in [-0.2, -0.15) is 0 Å². The molecule has 0 atom stereocenters. The Kier molecular flexibility index (Phi) is 12.4. The second-order valence-corrected chi connectivity index (χ2v) is 3.66. The first-order valence-electron chi connectivity index (χ1n) is 6.14. The van der Waals surface area contributed by atoms with Crippen LogP contribution in [0.3, 0.4) is 0 Å². The second-order valence-electron chi connectivity index (χ2n) is 3.66. The second kappa shape index (κ2) is 13.0. The van der Waals surface area contributed by atoms with Gasteiger partial charge in [0.15, 0.2) is 0 Å². The van der Waals surface area contributed by atoms with Crippen molar-refractivity contribution in [2.45, 2.75) is 12.2 Å². The predicted octanol–water partition coefficient (Wildman–Crippen LogP) is -2.12. The van der Waals surface area contributed by atoms with E-state index in [0.29, 0.717) is 0 Å². The Morgan fingerprint density at radius 1 is 0.700 bits per heavy atom. The molecule has 0 rings (SSSR count). The molecule has 9 nitrogen and oxygen atoms in total. The normalized spacial score (nSPS) is 11.1. The summed E-state index contributed by atoms with van der Waals surface area (Å²) >= 11 is 0. The molecule has 20 heavy (non-hydrogen) atoms. The summed E-state index contributed by atoms with van der Waals surface area (Å²) in [5, 5.41) is 34.8. The van der Waals surface area contributed by atoms with Crippen molar-refractivity contribution in [3.05, 3.63) is 0 Å². The van der Waals surface area contributed by atoms with Crippen LogP contribution in [-0.4, -0.2) is 91.6 Å². The van der Waals surface area contributed by atoms with Gasteiger partial charge in [-0.05, 0) is 0 Å². The van der Waals surface area contributed by atoms with E-state index in [1.807, 2.05) is 0 Å². The van der Waals surface area contributed by atoms with E-state index in [0.717, 1.165) is 0 Å². The van der Waals surface area contributed by atoms with Crippen molar-refractivity contribution in [2.24, 2.45) is 0 Å². The van der Waals surface area contributed by atoms with Gasteiger partial charge in [-0.3, -0.25) is 0 Å². The van der Waals surface area contributed by atoms with Crippen LogP contribution in [0.25, 0.3) is 0 Å². The molecule has 0 aliphatic heterocycles. The fourth-order valence-electron chi connectivity index (χ4n) is 1.05. The smallest absolute Gasteiger partial charge is 0.432 e. The maximum Gasteiger partial charge on any atom is 0.508 e. The number of rotatable bonds is 12. The summed E-state index contributed by atoms with van der Waals surface area (Å²) in [6.45, 7) is -1.41. The number of aliphatic hydroxyl groups is 4. The van der Waals surface area contributed by atoms with Gasteiger partial charge in [0, 0.05) is 0 Å². The van der Waals surface area contributed by atoms with Gasteiger partial charge in [0.2, 0.25) is 0 Å². The van der Waals surface area contributed by atoms with E-state index in [1.165, 1.54) is 0 Å². The molecule has 4 N–H and O–H groups in total. The van der Waals surface area contributed by atoms with Gasteiger partial charge >= 0.3 is 6.16 Å². The van der Waals surface area contributed by atoms with Gasteiger partial charge in [0.05, 0.1) is 39.6 Å². The summed E-state index contributed by atoms with van der Waals surface area (Å²) in [7, 11) is 0. The number of hydrogen-bond acceptors (Lipinski definition) is 9. The molecule has 0 saturated heterocycles. The van der Waals surface area contributed by atoms with Crippen LogP contribution in [0.1, 0.15) is 0 Å². The third kappa shape index (κ3) is 9.89. The van der Waals surface area contributed by atoms with Gasteiger partial charge < -0.3 is 39.4 Å². The number of hydrogen-bond donors (Lipinski definition) is 4. The van der Waals surface area contributed by atoms with Crippen LogP contribution in [0.4, 0.5) is 4.79 Å². The number of carbonyl (C=O) groups excluding carboxylic acids is 1. The molecule has 0 fully saturated rings. The van der Waals surface area contributed by atoms with E-state index in [9.17, 15) is 4.79 Å². The molecule has 120 valence electrons. The van der Waals surface area contributed by atoms with E-state index in [4.69, 9.17) is 29.9 Å². The molecular weight excluding hydrogens is 276 g/mol. The van der Waals surface area contributed by atoms with Gasteiger partial charge in [0.1, 0.15) is 25.4 Å². The summed E-state index contributed by atoms with van der Waals surface area (Å²) < 4.78 is 19.2. The van der Waals surface area contributed by atoms with E-state index < -0.39 is 18.4 Å². The van der Waals surface area contributed by atoms with Crippen molar-refractivity contribution >= 4 is 6.16 Å². The van der Waals surface area contributed by atoms with Gasteiger partial charge in [0.25, 0.3) is 0 Å². The fourth-order valence-corrected chi connectivity index (χ4v) is 1.05. The summed E-state index contributed by atoms with van der Waals surface area (Å²) in [5.41, 5.74) is 0. The maximum atomic E-state index is 11.1. The largest absolute Gasteiger partial charge is 0.508 e. The fraction of sp³-hybridized carbons (Fsp3) is 0.909. The van der Waals surface area contributed by atoms with Gasteiger partial charge in [-0.15, -0.1) is 0 Å². The first kappa shape index (κ1) is 19.0. The molecule has 0 unspecified atom stereocenters. The summed E-state index contributed by atoms with van der Waals surface area (Å²) in [6.07, 6.45) is -2.31. The first-order chi connectivity index (χ1) is 9.67. The van der Waals surface area contributed by atoms with E-state index in [1.54, 1.807) is 0 Å². The van der Waals surface area contributed by atoms with Gasteiger partial charge in [-0.25, -0.2) is 4.79 Å². The minimum absolute atomic E-state index is 0.0223. The Bertz CT molecular complexity index is 206. The molecule has 0 aromatic heterocycles. The zero-order valence-electron chi connectivity index (χ0n) is 11.1. The molecule has 0 aliphatic rings. The molecule has 0 aliphatic carbocycles. The summed E-state index contributed by atoms with van der Waals surface area (Å²) in [6, 6.07) is 0. The standard InChI is InChI=1S/C11H22O9/c12-5-9(6-13)17-1-3-19-11(16)20-4-2-18-10(7-14)8-15/h9-10,12-15H,1-8H2. The highest BCUT2D eigenvalue weighted by atomic mass is 16.7. The Morgan fingerprint density at radius 3 is 1.35 bits per heavy atom. The maximum absolute atomic E-state index is 11.1. The zero-order valence-corrected chi connectivity index (χ0v) is 11.1. The van der Waals surface area contributed by atoms with Crippen molar-refractivity contribution in [1.29, 1.82) is 0 Å². The lowest BCUT2D eigenvalue weighted by Crippen LogP contribution is -2.25. The Hall–Kier alpha value is -0.970. The highest BCUT2D eigenvalue weighted by molar-refractivity contribution is 5.59.